The number of piperidine rings is 1. The van der Waals surface area contributed by atoms with Crippen LogP contribution in [0, 0.1) is 23.4 Å². The van der Waals surface area contributed by atoms with E-state index < -0.39 is 35.5 Å². The molecule has 2 aliphatic heterocycles. The van der Waals surface area contributed by atoms with E-state index >= 15 is 0 Å². The molecule has 2 saturated heterocycles. The average Bonchev–Trinajstić information content (AvgIpc) is 3.45. The smallest absolute Gasteiger partial charge is 0.410 e. The molecule has 0 N–H and O–H groups in total. The molecule has 226 valence electrons. The summed E-state index contributed by atoms with van der Waals surface area (Å²) in [5, 5.41) is 0. The third kappa shape index (κ3) is 6.65. The van der Waals surface area contributed by atoms with Crippen LogP contribution in [0.4, 0.5) is 23.8 Å². The molecule has 1 aromatic heterocycles. The Morgan fingerprint density at radius 1 is 0.953 bits per heavy atom. The SMILES string of the molecule is CCN(C(=O)Oc1ccc(F)cc1)[C@@H]1CN(C(=O)C2CCN(c3ccc(C(C)=O)cn3)CC2)C[C@H]1c1ccc(F)c(F)c1. The summed E-state index contributed by atoms with van der Waals surface area (Å²) in [4.78, 5) is 48.2. The number of hydrogen-bond donors (Lipinski definition) is 0. The number of likely N-dealkylation sites (N-methyl/N-ethyl adjacent to an activating group) is 1. The van der Waals surface area contributed by atoms with Gasteiger partial charge in [-0.15, -0.1) is 0 Å². The number of anilines is 1. The van der Waals surface area contributed by atoms with Crippen molar-refractivity contribution in [1.82, 2.24) is 14.8 Å². The summed E-state index contributed by atoms with van der Waals surface area (Å²) in [7, 11) is 0. The van der Waals surface area contributed by atoms with Crippen LogP contribution < -0.4 is 9.64 Å². The number of nitrogens with zero attached hydrogens (tertiary/aromatic N) is 4. The standard InChI is InChI=1S/C32H33F3N4O4/c1-3-39(32(42)43-25-8-6-24(33)7-9-25)29-19-38(18-26(29)22-4-10-27(34)28(35)16-22)31(41)21-12-14-37(15-13-21)30-11-5-23(17-36-30)20(2)40/h4-11,16-17,21,26,29H,3,12-15,18-19H2,1-2H3/t26-,29+/m0/s1. The molecule has 0 aliphatic carbocycles. The minimum Gasteiger partial charge on any atom is -0.410 e. The first-order valence-electron chi connectivity index (χ1n) is 14.3. The first-order valence-corrected chi connectivity index (χ1v) is 14.3. The summed E-state index contributed by atoms with van der Waals surface area (Å²) >= 11 is 0. The van der Waals surface area contributed by atoms with Crippen molar-refractivity contribution in [3.63, 3.8) is 0 Å². The second-order valence-electron chi connectivity index (χ2n) is 10.9. The van der Waals surface area contributed by atoms with Crippen molar-refractivity contribution in [3.8, 4) is 5.75 Å². The minimum atomic E-state index is -1.00. The highest BCUT2D eigenvalue weighted by Gasteiger charge is 2.43. The molecule has 2 fully saturated rings. The van der Waals surface area contributed by atoms with Crippen LogP contribution in [0.1, 0.15) is 48.5 Å². The number of rotatable bonds is 7. The van der Waals surface area contributed by atoms with Crippen LogP contribution in [0.5, 0.6) is 5.75 Å². The van der Waals surface area contributed by atoms with E-state index in [1.54, 1.807) is 30.2 Å². The maximum atomic E-state index is 14.3. The van der Waals surface area contributed by atoms with E-state index in [2.05, 4.69) is 9.88 Å². The number of aromatic nitrogens is 1. The van der Waals surface area contributed by atoms with Crippen molar-refractivity contribution < 1.29 is 32.3 Å². The lowest BCUT2D eigenvalue weighted by Gasteiger charge is -2.34. The fourth-order valence-corrected chi connectivity index (χ4v) is 5.91. The third-order valence-electron chi connectivity index (χ3n) is 8.29. The van der Waals surface area contributed by atoms with E-state index in [9.17, 15) is 27.6 Å². The number of ketones is 1. The molecule has 8 nitrogen and oxygen atoms in total. The van der Waals surface area contributed by atoms with Crippen molar-refractivity contribution in [3.05, 3.63) is 89.4 Å². The molecule has 43 heavy (non-hydrogen) atoms. The summed E-state index contributed by atoms with van der Waals surface area (Å²) in [5.41, 5.74) is 1.01. The van der Waals surface area contributed by atoms with Crippen molar-refractivity contribution in [2.75, 3.05) is 37.6 Å². The van der Waals surface area contributed by atoms with Gasteiger partial charge in [0.2, 0.25) is 5.91 Å². The van der Waals surface area contributed by atoms with Gasteiger partial charge in [-0.25, -0.2) is 22.9 Å². The van der Waals surface area contributed by atoms with Gasteiger partial charge in [0.15, 0.2) is 17.4 Å². The van der Waals surface area contributed by atoms with Crippen molar-refractivity contribution in [1.29, 1.82) is 0 Å². The number of carbonyl (C=O) groups is 3. The topological polar surface area (TPSA) is 83.0 Å². The number of hydrogen-bond acceptors (Lipinski definition) is 6. The first-order chi connectivity index (χ1) is 20.6. The molecule has 0 saturated carbocycles. The molecule has 3 aromatic rings. The largest absolute Gasteiger partial charge is 0.415 e. The summed E-state index contributed by atoms with van der Waals surface area (Å²) in [6.45, 7) is 5.13. The Hall–Kier alpha value is -4.41. The molecular weight excluding hydrogens is 561 g/mol. The lowest BCUT2D eigenvalue weighted by molar-refractivity contribution is -0.135. The summed E-state index contributed by atoms with van der Waals surface area (Å²) in [5.74, 6) is -2.39. The van der Waals surface area contributed by atoms with E-state index in [1.165, 1.54) is 42.2 Å². The highest BCUT2D eigenvalue weighted by Crippen LogP contribution is 2.35. The quantitative estimate of drug-likeness (QED) is 0.339. The number of carbonyl (C=O) groups excluding carboxylic acids is 3. The summed E-state index contributed by atoms with van der Waals surface area (Å²) in [6.07, 6.45) is 2.06. The van der Waals surface area contributed by atoms with Gasteiger partial charge in [0, 0.05) is 56.3 Å². The zero-order chi connectivity index (χ0) is 30.7. The Balaban J connectivity index is 1.31. The number of pyridine rings is 1. The van der Waals surface area contributed by atoms with Gasteiger partial charge in [-0.05, 0) is 80.8 Å². The van der Waals surface area contributed by atoms with Gasteiger partial charge in [-0.3, -0.25) is 9.59 Å². The number of Topliss-reactive ketones (excluding diaryl/α,β-unsaturated/α-hetero) is 1. The predicted molar refractivity (Wildman–Crippen MR) is 153 cm³/mol. The van der Waals surface area contributed by atoms with Crippen LogP contribution >= 0.6 is 0 Å². The van der Waals surface area contributed by atoms with Crippen LogP contribution in [0.15, 0.2) is 60.8 Å². The molecule has 0 bridgehead atoms. The molecule has 2 aliphatic rings. The van der Waals surface area contributed by atoms with Crippen LogP contribution in [0.25, 0.3) is 0 Å². The molecule has 5 rings (SSSR count). The Bertz CT molecular complexity index is 1480. The van der Waals surface area contributed by atoms with E-state index in [1.807, 2.05) is 0 Å². The third-order valence-corrected chi connectivity index (χ3v) is 8.29. The van der Waals surface area contributed by atoms with Gasteiger partial charge in [0.05, 0.1) is 6.04 Å². The van der Waals surface area contributed by atoms with E-state index in [-0.39, 0.29) is 43.0 Å². The highest BCUT2D eigenvalue weighted by molar-refractivity contribution is 5.93. The van der Waals surface area contributed by atoms with E-state index in [0.717, 1.165) is 18.0 Å². The Labute approximate surface area is 248 Å². The zero-order valence-electron chi connectivity index (χ0n) is 24.0. The maximum absolute atomic E-state index is 14.3. The number of ether oxygens (including phenoxy) is 1. The monoisotopic (exact) mass is 594 g/mol. The number of amides is 2. The van der Waals surface area contributed by atoms with Gasteiger partial charge in [-0.2, -0.15) is 0 Å². The van der Waals surface area contributed by atoms with Crippen molar-refractivity contribution in [2.45, 2.75) is 38.6 Å². The number of likely N-dealkylation sites (tertiary alicyclic amines) is 1. The Morgan fingerprint density at radius 2 is 1.67 bits per heavy atom. The molecule has 0 spiro atoms. The van der Waals surface area contributed by atoms with Gasteiger partial charge in [0.1, 0.15) is 17.4 Å². The molecule has 2 amide bonds. The summed E-state index contributed by atoms with van der Waals surface area (Å²) < 4.78 is 46.9. The predicted octanol–water partition coefficient (Wildman–Crippen LogP) is 5.43. The van der Waals surface area contributed by atoms with Crippen molar-refractivity contribution in [2.24, 2.45) is 5.92 Å². The summed E-state index contributed by atoms with van der Waals surface area (Å²) in [6, 6.07) is 11.7. The van der Waals surface area contributed by atoms with Crippen LogP contribution in [0.3, 0.4) is 0 Å². The van der Waals surface area contributed by atoms with Crippen molar-refractivity contribution >= 4 is 23.6 Å². The number of benzene rings is 2. The lowest BCUT2D eigenvalue weighted by Crippen LogP contribution is -2.47. The molecule has 3 heterocycles. The van der Waals surface area contributed by atoms with Gasteiger partial charge in [-0.1, -0.05) is 6.07 Å². The molecule has 0 unspecified atom stereocenters. The molecule has 2 aromatic carbocycles. The fourth-order valence-electron chi connectivity index (χ4n) is 5.91. The molecule has 2 atom stereocenters. The first kappa shape index (κ1) is 30.1. The Kier molecular flexibility index (Phi) is 8.98. The number of halogens is 3. The van der Waals surface area contributed by atoms with Crippen LogP contribution in [-0.2, 0) is 4.79 Å². The lowest BCUT2D eigenvalue weighted by atomic mass is 9.93. The van der Waals surface area contributed by atoms with Gasteiger partial charge < -0.3 is 19.4 Å². The average molecular weight is 595 g/mol. The van der Waals surface area contributed by atoms with Gasteiger partial charge >= 0.3 is 6.09 Å². The normalized spacial score (nSPS) is 18.9. The second-order valence-corrected chi connectivity index (χ2v) is 10.9. The van der Waals surface area contributed by atoms with E-state index in [4.69, 9.17) is 4.74 Å². The highest BCUT2D eigenvalue weighted by atomic mass is 19.2. The molecule has 0 radical (unpaired) electrons. The fraction of sp³-hybridized carbons (Fsp3) is 0.375. The van der Waals surface area contributed by atoms with Gasteiger partial charge in [0.25, 0.3) is 0 Å². The minimum absolute atomic E-state index is 0.0562. The van der Waals surface area contributed by atoms with E-state index in [0.29, 0.717) is 37.1 Å². The Morgan fingerprint density at radius 3 is 2.28 bits per heavy atom. The maximum Gasteiger partial charge on any atom is 0.415 e. The van der Waals surface area contributed by atoms with Crippen LogP contribution in [-0.4, -0.2) is 71.3 Å². The second kappa shape index (κ2) is 12.8. The van der Waals surface area contributed by atoms with Crippen LogP contribution in [0.2, 0.25) is 0 Å². The molecular formula is C32H33F3N4O4. The molecule has 11 heteroatoms. The zero-order valence-corrected chi connectivity index (χ0v) is 24.0.